The summed E-state index contributed by atoms with van der Waals surface area (Å²) in [6, 6.07) is 0. The van der Waals surface area contributed by atoms with Gasteiger partial charge in [0, 0.05) is 6.42 Å². The van der Waals surface area contributed by atoms with E-state index in [1.165, 1.54) is 14.9 Å². The van der Waals surface area contributed by atoms with Gasteiger partial charge in [-0.2, -0.15) is 0 Å². The molecule has 108 valence electrons. The molecule has 2 aromatic heterocycles. The molecule has 3 atom stereocenters. The van der Waals surface area contributed by atoms with Gasteiger partial charge >= 0.3 is 5.56 Å². The van der Waals surface area contributed by atoms with Crippen molar-refractivity contribution in [1.82, 2.24) is 14.5 Å². The van der Waals surface area contributed by atoms with Gasteiger partial charge in [-0.3, -0.25) is 4.79 Å². The summed E-state index contributed by atoms with van der Waals surface area (Å²) in [5.74, 6) is 0.0107. The normalized spacial score (nSPS) is 26.4. The minimum Gasteiger partial charge on any atom is -0.615 e. The van der Waals surface area contributed by atoms with E-state index >= 15 is 0 Å². The Morgan fingerprint density at radius 1 is 1.70 bits per heavy atom. The number of nitrogen functional groups attached to an aromatic ring is 1. The lowest BCUT2D eigenvalue weighted by Crippen LogP contribution is -2.38. The highest BCUT2D eigenvalue weighted by molar-refractivity contribution is 7.51. The van der Waals surface area contributed by atoms with Crippen LogP contribution in [0.15, 0.2) is 11.1 Å². The second-order valence-corrected chi connectivity index (χ2v) is 4.94. The number of fused-ring (bicyclic) bond motifs is 1. The molecule has 0 saturated carbocycles. The van der Waals surface area contributed by atoms with Gasteiger partial charge in [0.05, 0.1) is 12.7 Å². The highest BCUT2D eigenvalue weighted by Crippen LogP contribution is 2.29. The smallest absolute Gasteiger partial charge is 0.324 e. The van der Waals surface area contributed by atoms with Crippen LogP contribution >= 0.6 is 0 Å². The maximum absolute atomic E-state index is 11.8. The van der Waals surface area contributed by atoms with E-state index in [4.69, 9.17) is 28.4 Å². The molecule has 10 heteroatoms. The van der Waals surface area contributed by atoms with Crippen molar-refractivity contribution >= 4 is 29.9 Å². The number of nitrogens with one attached hydrogen (secondary N) is 1. The van der Waals surface area contributed by atoms with E-state index in [2.05, 4.69) is 9.97 Å². The largest absolute Gasteiger partial charge is 0.615 e. The van der Waals surface area contributed by atoms with Gasteiger partial charge in [-0.1, -0.05) is 0 Å². The average Bonchev–Trinajstić information content (AvgIpc) is 2.99. The number of rotatable bonds is 2. The van der Waals surface area contributed by atoms with Gasteiger partial charge < -0.3 is 37.5 Å². The first-order valence-electron chi connectivity index (χ1n) is 5.95. The van der Waals surface area contributed by atoms with E-state index in [-0.39, 0.29) is 24.5 Å². The molecule has 1 aliphatic heterocycles. The van der Waals surface area contributed by atoms with Crippen LogP contribution < -0.4 is 15.3 Å². The number of aromatic nitrogens is 4. The number of H-pyrrole nitrogens is 1. The summed E-state index contributed by atoms with van der Waals surface area (Å²) in [6.45, 7) is -0.291. The Labute approximate surface area is 118 Å². The molecule has 0 aromatic carbocycles. The first-order valence-corrected chi connectivity index (χ1v) is 6.31. The van der Waals surface area contributed by atoms with Crippen molar-refractivity contribution in [3.05, 3.63) is 16.7 Å². The molecule has 1 fully saturated rings. The van der Waals surface area contributed by atoms with Crippen molar-refractivity contribution in [3.63, 3.8) is 0 Å². The minimum absolute atomic E-state index is 0.0107. The van der Waals surface area contributed by atoms with Crippen LogP contribution in [0.3, 0.4) is 0 Å². The lowest BCUT2D eigenvalue weighted by molar-refractivity contribution is -0.452. The van der Waals surface area contributed by atoms with Gasteiger partial charge in [-0.15, -0.1) is 0 Å². The molecular formula is C10H13N5O4S. The van der Waals surface area contributed by atoms with Crippen molar-refractivity contribution < 1.29 is 18.9 Å². The van der Waals surface area contributed by atoms with Crippen LogP contribution in [0.4, 0.5) is 5.95 Å². The van der Waals surface area contributed by atoms with Crippen molar-refractivity contribution in [2.45, 2.75) is 24.9 Å². The Morgan fingerprint density at radius 2 is 2.45 bits per heavy atom. The summed E-state index contributed by atoms with van der Waals surface area (Å²) in [5, 5.41) is 18.9. The molecule has 0 spiro atoms. The highest BCUT2D eigenvalue weighted by Gasteiger charge is 2.37. The minimum atomic E-state index is -0.791. The number of hydrogen-bond donors (Lipinski definition) is 4. The monoisotopic (exact) mass is 299 g/mol. The van der Waals surface area contributed by atoms with E-state index < -0.39 is 24.0 Å². The van der Waals surface area contributed by atoms with Crippen molar-refractivity contribution in [2.24, 2.45) is 0 Å². The predicted molar refractivity (Wildman–Crippen MR) is 69.3 cm³/mol. The summed E-state index contributed by atoms with van der Waals surface area (Å²) < 4.78 is 8.23. The molecule has 0 aliphatic carbocycles. The standard InChI is InChI=1S/C10H13N5O4S/c11-10-13-8(18)7-9(15(10)20)14(3-12-7)6-1-4(17)5(2-16)19-6/h3-6,16-17H,1-2H2,(H3,11,13,18)/t4-,5+,6+/m0/s1. The first kappa shape index (κ1) is 13.2. The molecule has 0 amide bonds. The van der Waals surface area contributed by atoms with Crippen molar-refractivity contribution in [2.75, 3.05) is 12.3 Å². The number of ether oxygens (including phenoxy) is 1. The number of hydrogen-bond acceptors (Lipinski definition) is 7. The molecule has 3 rings (SSSR count). The molecule has 1 saturated heterocycles. The Hall–Kier alpha value is -1.75. The van der Waals surface area contributed by atoms with Gasteiger partial charge in [0.2, 0.25) is 11.2 Å². The summed E-state index contributed by atoms with van der Waals surface area (Å²) >= 11 is 5.11. The van der Waals surface area contributed by atoms with E-state index in [0.29, 0.717) is 5.65 Å². The molecule has 0 unspecified atom stereocenters. The van der Waals surface area contributed by atoms with Gasteiger partial charge in [-0.05, 0) is 0 Å². The predicted octanol–water partition coefficient (Wildman–Crippen LogP) is -2.45. The van der Waals surface area contributed by atoms with Gasteiger partial charge in [-0.25, -0.2) is 14.5 Å². The fourth-order valence-corrected chi connectivity index (χ4v) is 2.54. The third-order valence-corrected chi connectivity index (χ3v) is 3.70. The van der Waals surface area contributed by atoms with Crippen LogP contribution in [0.25, 0.3) is 11.2 Å². The van der Waals surface area contributed by atoms with E-state index in [0.717, 1.165) is 0 Å². The fraction of sp³-hybridized carbons (Fsp3) is 0.500. The number of aromatic amines is 1. The van der Waals surface area contributed by atoms with Crippen LogP contribution in [0, 0.1) is 0 Å². The molecule has 1 aliphatic rings. The highest BCUT2D eigenvalue weighted by atomic mass is 32.1. The van der Waals surface area contributed by atoms with Crippen molar-refractivity contribution in [1.29, 1.82) is 0 Å². The van der Waals surface area contributed by atoms with E-state index in [9.17, 15) is 9.90 Å². The zero-order valence-corrected chi connectivity index (χ0v) is 11.1. The third-order valence-electron chi connectivity index (χ3n) is 3.33. The summed E-state index contributed by atoms with van der Waals surface area (Å²) in [6.07, 6.45) is -0.365. The Kier molecular flexibility index (Phi) is 3.09. The number of anilines is 1. The molecule has 2 aromatic rings. The van der Waals surface area contributed by atoms with Gasteiger partial charge in [0.1, 0.15) is 12.4 Å². The summed E-state index contributed by atoms with van der Waals surface area (Å²) in [4.78, 5) is 18.1. The number of aliphatic hydroxyl groups excluding tert-OH is 2. The van der Waals surface area contributed by atoms with Crippen LogP contribution in [-0.2, 0) is 17.6 Å². The van der Waals surface area contributed by atoms with Crippen LogP contribution in [0.2, 0.25) is 0 Å². The van der Waals surface area contributed by atoms with Gasteiger partial charge in [0.25, 0.3) is 5.95 Å². The topological polar surface area (TPSA) is 130 Å². The summed E-state index contributed by atoms with van der Waals surface area (Å²) in [5.41, 5.74) is 5.63. The molecule has 0 radical (unpaired) electrons. The number of aliphatic hydroxyl groups is 2. The first-order chi connectivity index (χ1) is 9.52. The van der Waals surface area contributed by atoms with E-state index in [1.807, 2.05) is 0 Å². The molecule has 3 heterocycles. The maximum atomic E-state index is 11.8. The zero-order chi connectivity index (χ0) is 14.4. The van der Waals surface area contributed by atoms with Crippen LogP contribution in [0.1, 0.15) is 12.6 Å². The molecule has 20 heavy (non-hydrogen) atoms. The lowest BCUT2D eigenvalue weighted by atomic mass is 10.2. The second kappa shape index (κ2) is 4.66. The zero-order valence-electron chi connectivity index (χ0n) is 10.3. The maximum Gasteiger partial charge on any atom is 0.324 e. The summed E-state index contributed by atoms with van der Waals surface area (Å²) in [7, 11) is 0. The Bertz CT molecular complexity index is 713. The Balaban J connectivity index is 2.12. The molecule has 0 bridgehead atoms. The third kappa shape index (κ3) is 1.85. The molecule has 9 nitrogen and oxygen atoms in total. The molecule has 5 N–H and O–H groups in total. The molecular weight excluding hydrogens is 286 g/mol. The second-order valence-electron chi connectivity index (χ2n) is 4.57. The number of nitrogens with two attached hydrogens (primary N) is 1. The van der Waals surface area contributed by atoms with Crippen LogP contribution in [-0.4, -0.2) is 43.6 Å². The van der Waals surface area contributed by atoms with Crippen molar-refractivity contribution in [3.8, 4) is 0 Å². The Morgan fingerprint density at radius 3 is 3.10 bits per heavy atom. The fourth-order valence-electron chi connectivity index (χ4n) is 2.32. The quantitative estimate of drug-likeness (QED) is 0.357. The van der Waals surface area contributed by atoms with E-state index in [1.54, 1.807) is 0 Å². The number of nitrogens with zero attached hydrogens (tertiary/aromatic N) is 3. The van der Waals surface area contributed by atoms with Crippen LogP contribution in [0.5, 0.6) is 0 Å². The lowest BCUT2D eigenvalue weighted by Gasteiger charge is -2.15. The SMILES string of the molecule is Nc1[nH]c(=O)c2ncn([C@H]3C[C@H](O)[C@@H](CO)O3)c2[n+]1[S-]. The van der Waals surface area contributed by atoms with Gasteiger partial charge in [0.15, 0.2) is 6.23 Å². The average molecular weight is 299 g/mol. The number of imidazole rings is 1.